The van der Waals surface area contributed by atoms with Crippen LogP contribution in [0.25, 0.3) is 10.2 Å². The van der Waals surface area contributed by atoms with Crippen molar-refractivity contribution in [2.45, 2.75) is 12.8 Å². The number of nitrogens with one attached hydrogen (secondary N) is 1. The second kappa shape index (κ2) is 11.3. The summed E-state index contributed by atoms with van der Waals surface area (Å²) in [5.41, 5.74) is 6.89. The number of H-pyrrole nitrogens is 1. The summed E-state index contributed by atoms with van der Waals surface area (Å²) >= 11 is 6.36. The lowest BCUT2D eigenvalue weighted by atomic mass is 10.4. The first-order valence-corrected chi connectivity index (χ1v) is 8.07. The molecule has 0 amide bonds. The number of nitrogen functional groups attached to an aromatic ring is 1. The van der Waals surface area contributed by atoms with E-state index in [-0.39, 0.29) is 6.42 Å². The molecule has 0 bridgehead atoms. The molecule has 0 spiro atoms. The molecule has 0 saturated carbocycles. The number of fused-ring (bicyclic) bond motifs is 1. The first-order chi connectivity index (χ1) is 12.1. The van der Waals surface area contributed by atoms with Crippen molar-refractivity contribution in [1.82, 2.24) is 15.0 Å². The van der Waals surface area contributed by atoms with Gasteiger partial charge >= 0.3 is 0 Å². The number of nitrogens with zero attached hydrogens (tertiary/aromatic N) is 5. The van der Waals surface area contributed by atoms with Crippen LogP contribution in [0.5, 0.6) is 0 Å². The van der Waals surface area contributed by atoms with Gasteiger partial charge < -0.3 is 10.7 Å². The zero-order chi connectivity index (χ0) is 18.5. The summed E-state index contributed by atoms with van der Waals surface area (Å²) in [6, 6.07) is 9.05. The summed E-state index contributed by atoms with van der Waals surface area (Å²) in [5, 5.41) is 24.5. The monoisotopic (exact) mass is 367 g/mol. The van der Waals surface area contributed by atoms with Crippen LogP contribution in [-0.2, 0) is 6.42 Å². The van der Waals surface area contributed by atoms with Crippen LogP contribution in [0.3, 0.4) is 0 Å². The highest BCUT2D eigenvalue weighted by atomic mass is 32.1. The zero-order valence-electron chi connectivity index (χ0n) is 13.0. The fourth-order valence-corrected chi connectivity index (χ4v) is 2.43. The third kappa shape index (κ3) is 7.19. The summed E-state index contributed by atoms with van der Waals surface area (Å²) in [6.07, 6.45) is 7.25. The molecule has 0 radical (unpaired) electrons. The van der Waals surface area contributed by atoms with Crippen molar-refractivity contribution in [2.75, 3.05) is 5.73 Å². The number of hydrogen-bond donors (Lipinski definition) is 2. The second-order valence-corrected chi connectivity index (χ2v) is 5.80. The van der Waals surface area contributed by atoms with Crippen molar-refractivity contribution < 1.29 is 0 Å². The smallest absolute Gasteiger partial charge is 0.122 e. The van der Waals surface area contributed by atoms with Gasteiger partial charge in [0.05, 0.1) is 51.2 Å². The number of nitrogens with two attached hydrogens (primary N) is 1. The van der Waals surface area contributed by atoms with Gasteiger partial charge in [-0.15, -0.1) is 11.3 Å². The molecular weight excluding hydrogens is 354 g/mol. The topological polar surface area (TPSA) is 139 Å². The molecule has 3 N–H and O–H groups in total. The quantitative estimate of drug-likeness (QED) is 0.627. The molecule has 0 aliphatic heterocycles. The predicted octanol–water partition coefficient (Wildman–Crippen LogP) is 3.51. The molecule has 3 aromatic heterocycles. The number of pyridine rings is 2. The minimum atomic E-state index is 0. The van der Waals surface area contributed by atoms with Crippen LogP contribution in [0.4, 0.5) is 5.69 Å². The van der Waals surface area contributed by atoms with Crippen molar-refractivity contribution in [3.8, 4) is 18.2 Å². The van der Waals surface area contributed by atoms with Crippen LogP contribution in [0, 0.1) is 38.5 Å². The van der Waals surface area contributed by atoms with E-state index in [1.807, 2.05) is 6.07 Å². The number of thiazole rings is 1. The molecule has 0 unspecified atom stereocenters. The summed E-state index contributed by atoms with van der Waals surface area (Å²) in [6.45, 7) is 0. The fourth-order valence-electron chi connectivity index (χ4n) is 1.44. The van der Waals surface area contributed by atoms with Gasteiger partial charge in [-0.1, -0.05) is 12.2 Å². The Bertz CT molecular complexity index is 941. The molecule has 3 rings (SSSR count). The number of rotatable bonds is 1. The molecule has 0 fully saturated rings. The van der Waals surface area contributed by atoms with Crippen LogP contribution < -0.4 is 5.73 Å². The number of hydrogen-bond acceptors (Lipinski definition) is 8. The second-order valence-electron chi connectivity index (χ2n) is 4.24. The molecule has 3 aromatic rings. The van der Waals surface area contributed by atoms with E-state index in [1.165, 1.54) is 0 Å². The minimum absolute atomic E-state index is 0. The Morgan fingerprint density at radius 3 is 2.44 bits per heavy atom. The first-order valence-electron chi connectivity index (χ1n) is 6.85. The van der Waals surface area contributed by atoms with Crippen LogP contribution in [0.15, 0.2) is 36.9 Å². The number of anilines is 1. The number of aromatic nitrogens is 3. The summed E-state index contributed by atoms with van der Waals surface area (Å²) < 4.78 is 1.79. The first kappa shape index (κ1) is 19.7. The molecule has 0 atom stereocenters. The van der Waals surface area contributed by atoms with E-state index in [9.17, 15) is 0 Å². The summed E-state index contributed by atoms with van der Waals surface area (Å²) in [5.74, 6) is 0. The maximum absolute atomic E-state index is 8.45. The highest BCUT2D eigenvalue weighted by Gasteiger charge is 2.01. The van der Waals surface area contributed by atoms with Crippen molar-refractivity contribution in [2.24, 2.45) is 0 Å². The molecule has 0 aliphatic rings. The molecule has 9 heteroatoms. The summed E-state index contributed by atoms with van der Waals surface area (Å²) in [7, 11) is 0. The molecule has 25 heavy (non-hydrogen) atoms. The van der Waals surface area contributed by atoms with Crippen LogP contribution in [-0.4, -0.2) is 15.0 Å². The van der Waals surface area contributed by atoms with Crippen molar-refractivity contribution in [3.05, 3.63) is 46.4 Å². The van der Waals surface area contributed by atoms with E-state index in [0.29, 0.717) is 16.6 Å². The fraction of sp³-hybridized carbons (Fsp3) is 0.125. The van der Waals surface area contributed by atoms with Gasteiger partial charge in [-0.25, -0.2) is 4.98 Å². The Labute approximate surface area is 153 Å². The third-order valence-corrected chi connectivity index (χ3v) is 3.89. The molecular formula is C16H13N7S2. The third-order valence-electron chi connectivity index (χ3n) is 2.48. The van der Waals surface area contributed by atoms with E-state index in [0.717, 1.165) is 15.2 Å². The molecule has 0 aliphatic carbocycles. The Balaban J connectivity index is 0.000000209. The van der Waals surface area contributed by atoms with Gasteiger partial charge in [-0.3, -0.25) is 4.98 Å². The average Bonchev–Trinajstić information content (AvgIpc) is 3.02. The highest BCUT2D eigenvalue weighted by molar-refractivity contribution is 7.71. The lowest BCUT2D eigenvalue weighted by molar-refractivity contribution is 1.20. The number of aromatic amines is 1. The van der Waals surface area contributed by atoms with E-state index < -0.39 is 0 Å². The Hall–Kier alpha value is -3.32. The maximum atomic E-state index is 8.45. The van der Waals surface area contributed by atoms with Gasteiger partial charge in [0.2, 0.25) is 0 Å². The van der Waals surface area contributed by atoms with Crippen molar-refractivity contribution in [3.63, 3.8) is 0 Å². The van der Waals surface area contributed by atoms with E-state index in [2.05, 4.69) is 21.0 Å². The van der Waals surface area contributed by atoms with E-state index >= 15 is 0 Å². The average molecular weight is 367 g/mol. The Morgan fingerprint density at radius 1 is 1.20 bits per heavy atom. The normalized spacial score (nSPS) is 8.52. The molecule has 124 valence electrons. The van der Waals surface area contributed by atoms with Gasteiger partial charge in [0.1, 0.15) is 11.4 Å². The molecule has 0 aromatic carbocycles. The number of nitriles is 3. The summed E-state index contributed by atoms with van der Waals surface area (Å²) in [4.78, 5) is 11.0. The minimum Gasteiger partial charge on any atom is -0.396 e. The van der Waals surface area contributed by atoms with E-state index in [4.69, 9.17) is 33.7 Å². The van der Waals surface area contributed by atoms with Crippen LogP contribution >= 0.6 is 23.6 Å². The van der Waals surface area contributed by atoms with Crippen molar-refractivity contribution in [1.29, 1.82) is 15.8 Å². The van der Waals surface area contributed by atoms with Gasteiger partial charge in [-0.05, 0) is 12.1 Å². The highest BCUT2D eigenvalue weighted by Crippen LogP contribution is 2.20. The van der Waals surface area contributed by atoms with Gasteiger partial charge in [0, 0.05) is 18.6 Å². The van der Waals surface area contributed by atoms with Crippen LogP contribution in [0.1, 0.15) is 11.4 Å². The van der Waals surface area contributed by atoms with Gasteiger partial charge in [0.25, 0.3) is 0 Å². The maximum Gasteiger partial charge on any atom is 0.122 e. The Morgan fingerprint density at radius 2 is 1.96 bits per heavy atom. The zero-order valence-corrected chi connectivity index (χ0v) is 14.6. The van der Waals surface area contributed by atoms with Crippen LogP contribution in [0.2, 0.25) is 0 Å². The Kier molecular flexibility index (Phi) is 8.88. The molecule has 7 nitrogen and oxygen atoms in total. The van der Waals surface area contributed by atoms with Gasteiger partial charge in [0.15, 0.2) is 0 Å². The lowest BCUT2D eigenvalue weighted by Gasteiger charge is -1.87. The van der Waals surface area contributed by atoms with E-state index in [1.54, 1.807) is 54.3 Å². The van der Waals surface area contributed by atoms with Gasteiger partial charge in [-0.2, -0.15) is 15.8 Å². The molecule has 0 saturated heterocycles. The van der Waals surface area contributed by atoms with Crippen molar-refractivity contribution >= 4 is 39.5 Å². The predicted molar refractivity (Wildman–Crippen MR) is 98.6 cm³/mol. The lowest BCUT2D eigenvalue weighted by Crippen LogP contribution is -1.84. The molecule has 3 heterocycles. The SMILES string of the molecule is N#CCC#N.N#CCc1nc2cnccc2s1.Nc1c[nH]ccc1=S. The largest absolute Gasteiger partial charge is 0.396 e. The standard InChI is InChI=1S/C8H5N3S.C5H6N2S.C3H2N2/c9-3-1-8-11-6-5-10-4-2-7(6)12-8;6-4-3-7-2-1-5(4)8;4-2-1-3-5/h2,4-5H,1H2;1-3H,6H2,(H,7,8);1H2.